The van der Waals surface area contributed by atoms with E-state index in [4.69, 9.17) is 9.47 Å². The van der Waals surface area contributed by atoms with Crippen LogP contribution in [0.25, 0.3) is 0 Å². The van der Waals surface area contributed by atoms with Crippen LogP contribution in [0.2, 0.25) is 0 Å². The van der Waals surface area contributed by atoms with Crippen LogP contribution in [0.4, 0.5) is 0 Å². The third-order valence-electron chi connectivity index (χ3n) is 3.35. The maximum Gasteiger partial charge on any atom is 0.255 e. The molecule has 7 nitrogen and oxygen atoms in total. The lowest BCUT2D eigenvalue weighted by Crippen LogP contribution is -2.35. The molecule has 0 bridgehead atoms. The largest absolute Gasteiger partial charge is 0.497 e. The summed E-state index contributed by atoms with van der Waals surface area (Å²) in [7, 11) is -0.425. The Hall–Kier alpha value is -1.80. The van der Waals surface area contributed by atoms with Crippen LogP contribution in [0.3, 0.4) is 0 Å². The van der Waals surface area contributed by atoms with E-state index in [1.165, 1.54) is 14.2 Å². The van der Waals surface area contributed by atoms with Crippen LogP contribution < -0.4 is 19.5 Å². The molecule has 0 aliphatic carbocycles. The van der Waals surface area contributed by atoms with E-state index in [9.17, 15) is 13.2 Å². The lowest BCUT2D eigenvalue weighted by Gasteiger charge is -2.11. The van der Waals surface area contributed by atoms with E-state index in [0.717, 1.165) is 6.42 Å². The minimum atomic E-state index is -3.40. The van der Waals surface area contributed by atoms with Gasteiger partial charge in [0.2, 0.25) is 10.0 Å². The van der Waals surface area contributed by atoms with Gasteiger partial charge >= 0.3 is 0 Å². The number of nitrogens with one attached hydrogen (secondary N) is 2. The van der Waals surface area contributed by atoms with Gasteiger partial charge in [-0.2, -0.15) is 0 Å². The zero-order valence-corrected chi connectivity index (χ0v) is 15.4. The van der Waals surface area contributed by atoms with Gasteiger partial charge in [0.15, 0.2) is 0 Å². The molecule has 1 aromatic rings. The average Bonchev–Trinajstić information content (AvgIpc) is 2.53. The Labute approximate surface area is 143 Å². The predicted octanol–water partition coefficient (Wildman–Crippen LogP) is 1.40. The molecule has 0 unspecified atom stereocenters. The van der Waals surface area contributed by atoms with E-state index in [2.05, 4.69) is 10.0 Å². The van der Waals surface area contributed by atoms with Gasteiger partial charge in [0.1, 0.15) is 11.5 Å². The van der Waals surface area contributed by atoms with Crippen molar-refractivity contribution < 1.29 is 22.7 Å². The molecule has 0 spiro atoms. The molecule has 1 rings (SSSR count). The Morgan fingerprint density at radius 2 is 1.88 bits per heavy atom. The number of amides is 1. The number of rotatable bonds is 10. The zero-order valence-electron chi connectivity index (χ0n) is 14.6. The van der Waals surface area contributed by atoms with Crippen molar-refractivity contribution in [2.75, 3.05) is 33.1 Å². The van der Waals surface area contributed by atoms with Crippen molar-refractivity contribution in [2.24, 2.45) is 5.92 Å². The van der Waals surface area contributed by atoms with Crippen LogP contribution in [-0.2, 0) is 10.0 Å². The van der Waals surface area contributed by atoms with Crippen LogP contribution in [-0.4, -0.2) is 47.4 Å². The number of benzene rings is 1. The lowest BCUT2D eigenvalue weighted by molar-refractivity contribution is 0.0953. The summed E-state index contributed by atoms with van der Waals surface area (Å²) in [5, 5.41) is 2.59. The van der Waals surface area contributed by atoms with Crippen LogP contribution in [0.15, 0.2) is 18.2 Å². The van der Waals surface area contributed by atoms with Gasteiger partial charge in [0, 0.05) is 19.2 Å². The second-order valence-electron chi connectivity index (χ2n) is 5.72. The van der Waals surface area contributed by atoms with Gasteiger partial charge in [-0.15, -0.1) is 0 Å². The van der Waals surface area contributed by atoms with Crippen molar-refractivity contribution in [2.45, 2.75) is 20.3 Å². The first-order valence-corrected chi connectivity index (χ1v) is 9.42. The van der Waals surface area contributed by atoms with Crippen molar-refractivity contribution in [1.29, 1.82) is 0 Å². The summed E-state index contributed by atoms with van der Waals surface area (Å²) in [5.41, 5.74) is 0.323. The molecule has 0 aliphatic rings. The van der Waals surface area contributed by atoms with E-state index in [0.29, 0.717) is 29.5 Å². The van der Waals surface area contributed by atoms with E-state index in [1.54, 1.807) is 18.2 Å². The highest BCUT2D eigenvalue weighted by atomic mass is 32.2. The number of hydrogen-bond donors (Lipinski definition) is 2. The van der Waals surface area contributed by atoms with E-state index in [-0.39, 0.29) is 12.3 Å². The molecular weight excluding hydrogens is 332 g/mol. The molecule has 0 radical (unpaired) electrons. The molecule has 24 heavy (non-hydrogen) atoms. The van der Waals surface area contributed by atoms with Crippen molar-refractivity contribution in [1.82, 2.24) is 10.0 Å². The molecule has 0 saturated heterocycles. The highest BCUT2D eigenvalue weighted by molar-refractivity contribution is 7.89. The van der Waals surface area contributed by atoms with E-state index in [1.807, 2.05) is 13.8 Å². The van der Waals surface area contributed by atoms with Crippen molar-refractivity contribution in [3.05, 3.63) is 23.8 Å². The maximum absolute atomic E-state index is 12.2. The molecule has 1 amide bonds. The Morgan fingerprint density at radius 3 is 2.46 bits per heavy atom. The van der Waals surface area contributed by atoms with Gasteiger partial charge in [-0.25, -0.2) is 13.1 Å². The number of carbonyl (C=O) groups excluding carboxylic acids is 1. The molecule has 0 fully saturated rings. The van der Waals surface area contributed by atoms with E-state index >= 15 is 0 Å². The second-order valence-corrected chi connectivity index (χ2v) is 7.64. The normalized spacial score (nSPS) is 11.4. The van der Waals surface area contributed by atoms with Crippen molar-refractivity contribution in [3.63, 3.8) is 0 Å². The molecule has 136 valence electrons. The molecule has 1 aromatic carbocycles. The monoisotopic (exact) mass is 358 g/mol. The third kappa shape index (κ3) is 6.76. The number of ether oxygens (including phenoxy) is 2. The first-order chi connectivity index (χ1) is 11.3. The summed E-state index contributed by atoms with van der Waals surface area (Å²) < 4.78 is 36.4. The molecule has 0 saturated carbocycles. The zero-order chi connectivity index (χ0) is 18.2. The van der Waals surface area contributed by atoms with Crippen molar-refractivity contribution in [3.8, 4) is 11.5 Å². The summed E-state index contributed by atoms with van der Waals surface area (Å²) in [6, 6.07) is 4.81. The summed E-state index contributed by atoms with van der Waals surface area (Å²) in [5.74, 6) is 0.793. The standard InChI is InChI=1S/C16H26N2O5S/c1-12(2)7-8-18-24(20,21)10-9-17-16(19)14-6-5-13(22-3)11-15(14)23-4/h5-6,11-12,18H,7-10H2,1-4H3,(H,17,19). The van der Waals surface area contributed by atoms with Gasteiger partial charge in [-0.05, 0) is 24.5 Å². The molecule has 0 atom stereocenters. The molecule has 0 heterocycles. The fourth-order valence-corrected chi connectivity index (χ4v) is 2.90. The fourth-order valence-electron chi connectivity index (χ4n) is 1.96. The minimum absolute atomic E-state index is 0.0189. The van der Waals surface area contributed by atoms with Gasteiger partial charge < -0.3 is 14.8 Å². The molecular formula is C16H26N2O5S. The Morgan fingerprint density at radius 1 is 1.17 bits per heavy atom. The minimum Gasteiger partial charge on any atom is -0.497 e. The van der Waals surface area contributed by atoms with Gasteiger partial charge in [-0.1, -0.05) is 13.8 Å². The second kappa shape index (κ2) is 9.48. The Bertz CT molecular complexity index is 644. The predicted molar refractivity (Wildman–Crippen MR) is 93.1 cm³/mol. The summed E-state index contributed by atoms with van der Waals surface area (Å²) in [4.78, 5) is 12.2. The highest BCUT2D eigenvalue weighted by Gasteiger charge is 2.15. The van der Waals surface area contributed by atoms with Crippen LogP contribution >= 0.6 is 0 Å². The van der Waals surface area contributed by atoms with Crippen LogP contribution in [0.5, 0.6) is 11.5 Å². The SMILES string of the molecule is COc1ccc(C(=O)NCCS(=O)(=O)NCCC(C)C)c(OC)c1. The van der Waals surface area contributed by atoms with Crippen LogP contribution in [0, 0.1) is 5.92 Å². The lowest BCUT2D eigenvalue weighted by atomic mass is 10.1. The summed E-state index contributed by atoms with van der Waals surface area (Å²) in [6.45, 7) is 4.47. The number of hydrogen-bond acceptors (Lipinski definition) is 5. The van der Waals surface area contributed by atoms with Crippen LogP contribution in [0.1, 0.15) is 30.6 Å². The summed E-state index contributed by atoms with van der Waals surface area (Å²) >= 11 is 0. The molecule has 0 aliphatic heterocycles. The smallest absolute Gasteiger partial charge is 0.255 e. The fraction of sp³-hybridized carbons (Fsp3) is 0.562. The van der Waals surface area contributed by atoms with E-state index < -0.39 is 15.9 Å². The van der Waals surface area contributed by atoms with Gasteiger partial charge in [0.25, 0.3) is 5.91 Å². The average molecular weight is 358 g/mol. The number of carbonyl (C=O) groups is 1. The first kappa shape index (κ1) is 20.2. The summed E-state index contributed by atoms with van der Waals surface area (Å²) in [6.07, 6.45) is 0.772. The van der Waals surface area contributed by atoms with Crippen molar-refractivity contribution >= 4 is 15.9 Å². The first-order valence-electron chi connectivity index (χ1n) is 7.76. The molecule has 2 N–H and O–H groups in total. The van der Waals surface area contributed by atoms with Gasteiger partial charge in [-0.3, -0.25) is 4.79 Å². The topological polar surface area (TPSA) is 93.7 Å². The Balaban J connectivity index is 2.54. The highest BCUT2D eigenvalue weighted by Crippen LogP contribution is 2.24. The van der Waals surface area contributed by atoms with Gasteiger partial charge in [0.05, 0.1) is 25.5 Å². The number of sulfonamides is 1. The number of methoxy groups -OCH3 is 2. The molecule has 8 heteroatoms. The molecule has 0 aromatic heterocycles. The third-order valence-corrected chi connectivity index (χ3v) is 4.74. The Kier molecular flexibility index (Phi) is 8.00. The maximum atomic E-state index is 12.2. The quantitative estimate of drug-likeness (QED) is 0.659.